The second-order valence-electron chi connectivity index (χ2n) is 8.03. The lowest BCUT2D eigenvalue weighted by atomic mass is 10.1. The molecule has 2 aromatic rings. The maximum absolute atomic E-state index is 11.0. The van der Waals surface area contributed by atoms with Crippen LogP contribution < -0.4 is 5.73 Å². The molecule has 30 heavy (non-hydrogen) atoms. The van der Waals surface area contributed by atoms with Gasteiger partial charge in [0.25, 0.3) is 0 Å². The Bertz CT molecular complexity index is 713. The zero-order valence-corrected chi connectivity index (χ0v) is 19.4. The molecule has 1 atom stereocenters. The third-order valence-corrected chi connectivity index (χ3v) is 3.61. The van der Waals surface area contributed by atoms with Gasteiger partial charge in [-0.25, -0.2) is 4.79 Å². The van der Waals surface area contributed by atoms with E-state index >= 15 is 0 Å². The van der Waals surface area contributed by atoms with E-state index in [1.54, 1.807) is 27.7 Å². The van der Waals surface area contributed by atoms with Gasteiger partial charge in [-0.3, -0.25) is 4.79 Å². The first kappa shape index (κ1) is 27.2. The molecule has 0 aromatic heterocycles. The van der Waals surface area contributed by atoms with Gasteiger partial charge < -0.3 is 15.2 Å². The lowest BCUT2D eigenvalue weighted by Gasteiger charge is -2.16. The molecule has 0 unspecified atom stereocenters. The number of aryl methyl sites for hydroxylation is 2. The summed E-state index contributed by atoms with van der Waals surface area (Å²) in [7, 11) is 0. The minimum Gasteiger partial charge on any atom is -0.462 e. The normalized spacial score (nSPS) is 11.0. The van der Waals surface area contributed by atoms with Gasteiger partial charge in [0.2, 0.25) is 0 Å². The summed E-state index contributed by atoms with van der Waals surface area (Å²) in [5.74, 6) is -0.131. The standard InChI is InChI=1S/C12H16O2.C8H10.C5H11NO2/c1-3-12(13)14-10(2)9-11-7-5-4-6-8-11;1-7-3-5-8(2)6-4-7;1-5(2,3)8-4(6)7/h4-8,10H,3,9H2,1-2H3;3-6H,1-2H3;1-3H3,(H2,6,7)/t10-;;/m0../s1. The molecule has 5 heteroatoms. The van der Waals surface area contributed by atoms with E-state index in [0.717, 1.165) is 6.42 Å². The van der Waals surface area contributed by atoms with Gasteiger partial charge in [-0.1, -0.05) is 72.6 Å². The van der Waals surface area contributed by atoms with Crippen molar-refractivity contribution in [1.82, 2.24) is 0 Å². The van der Waals surface area contributed by atoms with Crippen molar-refractivity contribution < 1.29 is 19.1 Å². The summed E-state index contributed by atoms with van der Waals surface area (Å²) in [5, 5.41) is 0. The van der Waals surface area contributed by atoms with Gasteiger partial charge >= 0.3 is 12.1 Å². The fourth-order valence-electron chi connectivity index (χ4n) is 2.23. The van der Waals surface area contributed by atoms with E-state index in [2.05, 4.69) is 42.8 Å². The van der Waals surface area contributed by atoms with Crippen LogP contribution in [0.15, 0.2) is 54.6 Å². The van der Waals surface area contributed by atoms with E-state index in [1.807, 2.05) is 37.3 Å². The Labute approximate surface area is 181 Å². The maximum atomic E-state index is 11.0. The minimum atomic E-state index is -0.725. The number of nitrogens with two attached hydrogens (primary N) is 1. The highest BCUT2D eigenvalue weighted by Gasteiger charge is 2.12. The molecule has 0 saturated heterocycles. The minimum absolute atomic E-state index is 0.0372. The zero-order valence-electron chi connectivity index (χ0n) is 19.4. The van der Waals surface area contributed by atoms with Crippen LogP contribution in [0.1, 0.15) is 57.7 Å². The Hall–Kier alpha value is -2.82. The molecule has 2 aromatic carbocycles. The molecule has 166 valence electrons. The molecule has 1 amide bonds. The zero-order chi connectivity index (χ0) is 23.2. The van der Waals surface area contributed by atoms with Crippen LogP contribution in [0.25, 0.3) is 0 Å². The van der Waals surface area contributed by atoms with E-state index in [1.165, 1.54) is 16.7 Å². The van der Waals surface area contributed by atoms with Gasteiger partial charge in [-0.15, -0.1) is 0 Å². The molecule has 0 fully saturated rings. The van der Waals surface area contributed by atoms with Gasteiger partial charge in [0.05, 0.1) is 0 Å². The quantitative estimate of drug-likeness (QED) is 0.644. The van der Waals surface area contributed by atoms with Gasteiger partial charge in [0.1, 0.15) is 11.7 Å². The van der Waals surface area contributed by atoms with E-state index < -0.39 is 11.7 Å². The second-order valence-corrected chi connectivity index (χ2v) is 8.03. The van der Waals surface area contributed by atoms with Crippen molar-refractivity contribution in [3.63, 3.8) is 0 Å². The van der Waals surface area contributed by atoms with Crippen molar-refractivity contribution in [3.8, 4) is 0 Å². The smallest absolute Gasteiger partial charge is 0.405 e. The number of esters is 1. The molecular weight excluding hydrogens is 378 g/mol. The largest absolute Gasteiger partial charge is 0.462 e. The van der Waals surface area contributed by atoms with Crippen LogP contribution in [-0.4, -0.2) is 23.8 Å². The lowest BCUT2D eigenvalue weighted by molar-refractivity contribution is -0.147. The van der Waals surface area contributed by atoms with Gasteiger partial charge in [-0.2, -0.15) is 0 Å². The van der Waals surface area contributed by atoms with Gasteiger partial charge in [0, 0.05) is 12.8 Å². The Balaban J connectivity index is 0.000000451. The van der Waals surface area contributed by atoms with Crippen molar-refractivity contribution in [1.29, 1.82) is 0 Å². The predicted octanol–water partition coefficient (Wildman–Crippen LogP) is 5.75. The second kappa shape index (κ2) is 14.2. The van der Waals surface area contributed by atoms with Crippen molar-refractivity contribution in [3.05, 3.63) is 71.3 Å². The first-order valence-electron chi connectivity index (χ1n) is 10.2. The Kier molecular flexibility index (Phi) is 12.9. The first-order valence-corrected chi connectivity index (χ1v) is 10.2. The van der Waals surface area contributed by atoms with E-state index in [0.29, 0.717) is 6.42 Å². The molecule has 0 aliphatic rings. The number of benzene rings is 2. The molecule has 5 nitrogen and oxygen atoms in total. The maximum Gasteiger partial charge on any atom is 0.405 e. The number of ether oxygens (including phenoxy) is 2. The third kappa shape index (κ3) is 16.2. The average molecular weight is 416 g/mol. The van der Waals surface area contributed by atoms with Crippen molar-refractivity contribution in [2.24, 2.45) is 5.73 Å². The average Bonchev–Trinajstić information content (AvgIpc) is 2.64. The third-order valence-electron chi connectivity index (χ3n) is 3.61. The summed E-state index contributed by atoms with van der Waals surface area (Å²) in [6, 6.07) is 18.5. The molecule has 0 saturated carbocycles. The van der Waals surface area contributed by atoms with Crippen LogP contribution in [-0.2, 0) is 20.7 Å². The Morgan fingerprint density at radius 2 is 1.40 bits per heavy atom. The van der Waals surface area contributed by atoms with Gasteiger partial charge in [0.15, 0.2) is 0 Å². The fourth-order valence-corrected chi connectivity index (χ4v) is 2.23. The van der Waals surface area contributed by atoms with Crippen LogP contribution in [0.2, 0.25) is 0 Å². The van der Waals surface area contributed by atoms with Crippen LogP contribution >= 0.6 is 0 Å². The van der Waals surface area contributed by atoms with Crippen LogP contribution in [0.5, 0.6) is 0 Å². The summed E-state index contributed by atoms with van der Waals surface area (Å²) >= 11 is 0. The summed E-state index contributed by atoms with van der Waals surface area (Å²) < 4.78 is 9.74. The molecule has 0 spiro atoms. The van der Waals surface area contributed by atoms with E-state index in [-0.39, 0.29) is 12.1 Å². The first-order chi connectivity index (χ1) is 13.9. The molecule has 0 bridgehead atoms. The highest BCUT2D eigenvalue weighted by molar-refractivity contribution is 5.69. The molecule has 0 radical (unpaired) electrons. The van der Waals surface area contributed by atoms with Crippen molar-refractivity contribution in [2.75, 3.05) is 0 Å². The molecule has 2 N–H and O–H groups in total. The highest BCUT2D eigenvalue weighted by atomic mass is 16.6. The van der Waals surface area contributed by atoms with Crippen LogP contribution in [0.4, 0.5) is 4.79 Å². The number of carbonyl (C=O) groups excluding carboxylic acids is 2. The Morgan fingerprint density at radius 1 is 0.933 bits per heavy atom. The SMILES string of the molecule is CC(C)(C)OC(N)=O.CCC(=O)O[C@@H](C)Cc1ccccc1.Cc1ccc(C)cc1. The van der Waals surface area contributed by atoms with Crippen LogP contribution in [0.3, 0.4) is 0 Å². The van der Waals surface area contributed by atoms with E-state index in [9.17, 15) is 9.59 Å². The molecule has 0 aliphatic carbocycles. The Morgan fingerprint density at radius 3 is 1.73 bits per heavy atom. The number of hydrogen-bond donors (Lipinski definition) is 1. The molecular formula is C25H37NO4. The number of rotatable bonds is 4. The number of hydrogen-bond acceptors (Lipinski definition) is 4. The summed E-state index contributed by atoms with van der Waals surface area (Å²) in [6.45, 7) is 13.2. The van der Waals surface area contributed by atoms with Crippen molar-refractivity contribution >= 4 is 12.1 Å². The van der Waals surface area contributed by atoms with E-state index in [4.69, 9.17) is 10.5 Å². The molecule has 0 heterocycles. The predicted molar refractivity (Wildman–Crippen MR) is 122 cm³/mol. The lowest BCUT2D eigenvalue weighted by Crippen LogP contribution is -2.27. The topological polar surface area (TPSA) is 78.6 Å². The van der Waals surface area contributed by atoms with Crippen molar-refractivity contribution in [2.45, 2.75) is 73.0 Å². The highest BCUT2D eigenvalue weighted by Crippen LogP contribution is 2.06. The summed E-state index contributed by atoms with van der Waals surface area (Å²) in [6.07, 6.45) is 0.466. The number of carbonyl (C=O) groups is 2. The molecule has 2 rings (SSSR count). The number of amides is 1. The monoisotopic (exact) mass is 415 g/mol. The van der Waals surface area contributed by atoms with Crippen LogP contribution in [0, 0.1) is 13.8 Å². The number of primary amides is 1. The summed E-state index contributed by atoms with van der Waals surface area (Å²) in [5.41, 5.74) is 8.12. The summed E-state index contributed by atoms with van der Waals surface area (Å²) in [4.78, 5) is 21.0. The fraction of sp³-hybridized carbons (Fsp3) is 0.440. The molecule has 0 aliphatic heterocycles. The van der Waals surface area contributed by atoms with Gasteiger partial charge in [-0.05, 0) is 47.1 Å².